The number of anilines is 1. The molecule has 0 saturated carbocycles. The topological polar surface area (TPSA) is 67.6 Å². The summed E-state index contributed by atoms with van der Waals surface area (Å²) in [6, 6.07) is 3.90. The van der Waals surface area contributed by atoms with Crippen LogP contribution in [0.3, 0.4) is 0 Å². The number of nitrogen functional groups attached to an aromatic ring is 1. The maximum atomic E-state index is 12.6. The molecule has 1 aromatic carbocycles. The first kappa shape index (κ1) is 15.4. The molecule has 2 fully saturated rings. The van der Waals surface area contributed by atoms with Gasteiger partial charge in [-0.2, -0.15) is 0 Å². The molecule has 5 nitrogen and oxygen atoms in total. The van der Waals surface area contributed by atoms with Crippen molar-refractivity contribution in [3.63, 3.8) is 0 Å². The SMILES string of the molecule is CCOc1cc(N)c(Cl)cc1C(=O)NC1CCN2CCCC12. The molecule has 2 saturated heterocycles. The predicted octanol–water partition coefficient (Wildman–Crippen LogP) is 2.29. The van der Waals surface area contributed by atoms with Gasteiger partial charge in [-0.15, -0.1) is 0 Å². The van der Waals surface area contributed by atoms with E-state index in [4.69, 9.17) is 22.1 Å². The summed E-state index contributed by atoms with van der Waals surface area (Å²) in [6.07, 6.45) is 3.38. The Kier molecular flexibility index (Phi) is 4.45. The molecule has 22 heavy (non-hydrogen) atoms. The maximum Gasteiger partial charge on any atom is 0.255 e. The number of hydrogen-bond donors (Lipinski definition) is 2. The molecule has 6 heteroatoms. The lowest BCUT2D eigenvalue weighted by Crippen LogP contribution is -2.42. The molecule has 3 N–H and O–H groups in total. The van der Waals surface area contributed by atoms with E-state index in [0.717, 1.165) is 25.9 Å². The largest absolute Gasteiger partial charge is 0.493 e. The summed E-state index contributed by atoms with van der Waals surface area (Å²) >= 11 is 6.07. The van der Waals surface area contributed by atoms with Gasteiger partial charge in [0.1, 0.15) is 5.75 Å². The number of hydrogen-bond acceptors (Lipinski definition) is 4. The second-order valence-corrected chi connectivity index (χ2v) is 6.32. The number of fused-ring (bicyclic) bond motifs is 1. The Bertz CT molecular complexity index is 579. The van der Waals surface area contributed by atoms with Crippen molar-refractivity contribution < 1.29 is 9.53 Å². The van der Waals surface area contributed by atoms with Crippen LogP contribution in [0.1, 0.15) is 36.5 Å². The first-order valence-electron chi connectivity index (χ1n) is 7.87. The Balaban J connectivity index is 1.78. The summed E-state index contributed by atoms with van der Waals surface area (Å²) in [6.45, 7) is 4.56. The fourth-order valence-corrected chi connectivity index (χ4v) is 3.68. The Hall–Kier alpha value is -1.46. The van der Waals surface area contributed by atoms with Gasteiger partial charge in [0, 0.05) is 24.7 Å². The van der Waals surface area contributed by atoms with Gasteiger partial charge in [-0.25, -0.2) is 0 Å². The molecule has 0 aliphatic carbocycles. The van der Waals surface area contributed by atoms with Crippen molar-refractivity contribution in [2.24, 2.45) is 0 Å². The maximum absolute atomic E-state index is 12.6. The van der Waals surface area contributed by atoms with E-state index in [1.54, 1.807) is 12.1 Å². The number of carbonyl (C=O) groups excluding carboxylic acids is 1. The summed E-state index contributed by atoms with van der Waals surface area (Å²) in [4.78, 5) is 15.1. The van der Waals surface area contributed by atoms with Gasteiger partial charge >= 0.3 is 0 Å². The number of nitrogens with one attached hydrogen (secondary N) is 1. The lowest BCUT2D eigenvalue weighted by Gasteiger charge is -2.22. The van der Waals surface area contributed by atoms with E-state index in [2.05, 4.69) is 10.2 Å². The number of benzene rings is 1. The molecule has 2 atom stereocenters. The number of nitrogens with zero attached hydrogens (tertiary/aromatic N) is 1. The van der Waals surface area contributed by atoms with E-state index < -0.39 is 0 Å². The van der Waals surface area contributed by atoms with Gasteiger partial charge in [0.25, 0.3) is 5.91 Å². The zero-order valence-electron chi connectivity index (χ0n) is 12.8. The predicted molar refractivity (Wildman–Crippen MR) is 87.5 cm³/mol. The monoisotopic (exact) mass is 323 g/mol. The van der Waals surface area contributed by atoms with Crippen LogP contribution < -0.4 is 15.8 Å². The van der Waals surface area contributed by atoms with Crippen molar-refractivity contribution in [1.29, 1.82) is 0 Å². The highest BCUT2D eigenvalue weighted by Crippen LogP contribution is 2.31. The van der Waals surface area contributed by atoms with Gasteiger partial charge in [-0.1, -0.05) is 11.6 Å². The van der Waals surface area contributed by atoms with Crippen LogP contribution in [0.15, 0.2) is 12.1 Å². The van der Waals surface area contributed by atoms with Crippen LogP contribution in [-0.4, -0.2) is 42.6 Å². The van der Waals surface area contributed by atoms with Gasteiger partial charge in [0.2, 0.25) is 0 Å². The van der Waals surface area contributed by atoms with Crippen molar-refractivity contribution in [2.45, 2.75) is 38.3 Å². The highest BCUT2D eigenvalue weighted by atomic mass is 35.5. The lowest BCUT2D eigenvalue weighted by atomic mass is 10.1. The Morgan fingerprint density at radius 2 is 2.27 bits per heavy atom. The summed E-state index contributed by atoms with van der Waals surface area (Å²) in [5.74, 6) is 0.354. The summed E-state index contributed by atoms with van der Waals surface area (Å²) in [7, 11) is 0. The highest BCUT2D eigenvalue weighted by Gasteiger charge is 2.38. The third-order valence-electron chi connectivity index (χ3n) is 4.57. The van der Waals surface area contributed by atoms with Gasteiger partial charge in [0.05, 0.1) is 22.9 Å². The molecule has 1 aromatic rings. The van der Waals surface area contributed by atoms with Gasteiger partial charge in [-0.3, -0.25) is 9.69 Å². The first-order valence-corrected chi connectivity index (χ1v) is 8.24. The van der Waals surface area contributed by atoms with Crippen molar-refractivity contribution in [3.05, 3.63) is 22.7 Å². The van der Waals surface area contributed by atoms with Crippen LogP contribution in [0.25, 0.3) is 0 Å². The summed E-state index contributed by atoms with van der Waals surface area (Å²) in [5.41, 5.74) is 6.68. The minimum absolute atomic E-state index is 0.135. The zero-order chi connectivity index (χ0) is 15.7. The normalized spacial score (nSPS) is 24.3. The van der Waals surface area contributed by atoms with Crippen molar-refractivity contribution in [2.75, 3.05) is 25.4 Å². The molecule has 1 amide bonds. The fraction of sp³-hybridized carbons (Fsp3) is 0.562. The quantitative estimate of drug-likeness (QED) is 0.834. The number of amides is 1. The molecule has 2 aliphatic rings. The van der Waals surface area contributed by atoms with Crippen LogP contribution in [-0.2, 0) is 0 Å². The van der Waals surface area contributed by atoms with Gasteiger partial charge in [0.15, 0.2) is 0 Å². The average Bonchev–Trinajstić information content (AvgIpc) is 3.08. The van der Waals surface area contributed by atoms with E-state index in [0.29, 0.717) is 34.7 Å². The molecular formula is C16H22ClN3O2. The second kappa shape index (κ2) is 6.34. The number of ether oxygens (including phenoxy) is 1. The van der Waals surface area contributed by atoms with Gasteiger partial charge in [-0.05, 0) is 38.8 Å². The van der Waals surface area contributed by atoms with Crippen molar-refractivity contribution in [1.82, 2.24) is 10.2 Å². The number of halogens is 1. The Morgan fingerprint density at radius 3 is 3.05 bits per heavy atom. The minimum Gasteiger partial charge on any atom is -0.493 e. The molecule has 2 heterocycles. The molecule has 2 aliphatic heterocycles. The van der Waals surface area contributed by atoms with Crippen LogP contribution in [0.4, 0.5) is 5.69 Å². The van der Waals surface area contributed by atoms with Crippen molar-refractivity contribution >= 4 is 23.2 Å². The highest BCUT2D eigenvalue weighted by molar-refractivity contribution is 6.33. The number of nitrogens with two attached hydrogens (primary N) is 1. The smallest absolute Gasteiger partial charge is 0.255 e. The van der Waals surface area contributed by atoms with Gasteiger partial charge < -0.3 is 15.8 Å². The lowest BCUT2D eigenvalue weighted by molar-refractivity contribution is 0.0926. The number of carbonyl (C=O) groups is 1. The molecule has 0 aromatic heterocycles. The van der Waals surface area contributed by atoms with E-state index in [1.807, 2.05) is 6.92 Å². The standard InChI is InChI=1S/C16H22ClN3O2/c1-2-22-15-9-12(18)11(17)8-10(15)16(21)19-13-5-7-20-6-3-4-14(13)20/h8-9,13-14H,2-7,18H2,1H3,(H,19,21). The molecule has 0 radical (unpaired) electrons. The zero-order valence-corrected chi connectivity index (χ0v) is 13.5. The third-order valence-corrected chi connectivity index (χ3v) is 4.89. The van der Waals surface area contributed by atoms with E-state index in [1.165, 1.54) is 6.42 Å². The average molecular weight is 324 g/mol. The fourth-order valence-electron chi connectivity index (χ4n) is 3.52. The Labute approximate surface area is 135 Å². The molecular weight excluding hydrogens is 302 g/mol. The second-order valence-electron chi connectivity index (χ2n) is 5.92. The molecule has 2 unspecified atom stereocenters. The number of rotatable bonds is 4. The molecule has 0 bridgehead atoms. The Morgan fingerprint density at radius 1 is 1.45 bits per heavy atom. The van der Waals surface area contributed by atoms with Crippen LogP contribution in [0.5, 0.6) is 5.75 Å². The molecule has 0 spiro atoms. The van der Waals surface area contributed by atoms with E-state index in [-0.39, 0.29) is 11.9 Å². The minimum atomic E-state index is -0.135. The molecule has 120 valence electrons. The van der Waals surface area contributed by atoms with E-state index >= 15 is 0 Å². The van der Waals surface area contributed by atoms with Crippen molar-refractivity contribution in [3.8, 4) is 5.75 Å². The third kappa shape index (κ3) is 2.88. The van der Waals surface area contributed by atoms with E-state index in [9.17, 15) is 4.79 Å². The summed E-state index contributed by atoms with van der Waals surface area (Å²) in [5, 5.41) is 3.53. The first-order chi connectivity index (χ1) is 10.6. The van der Waals surface area contributed by atoms with Crippen LogP contribution >= 0.6 is 11.6 Å². The van der Waals surface area contributed by atoms with Crippen LogP contribution in [0.2, 0.25) is 5.02 Å². The molecule has 3 rings (SSSR count). The van der Waals surface area contributed by atoms with Crippen LogP contribution in [0, 0.1) is 0 Å². The summed E-state index contributed by atoms with van der Waals surface area (Å²) < 4.78 is 5.54.